The van der Waals surface area contributed by atoms with Gasteiger partial charge in [0.05, 0.1) is 12.2 Å². The number of furan rings is 1. The van der Waals surface area contributed by atoms with Crippen LogP contribution in [0.1, 0.15) is 57.8 Å². The van der Waals surface area contributed by atoms with Crippen LogP contribution in [0.25, 0.3) is 0 Å². The highest BCUT2D eigenvalue weighted by atomic mass is 16.4. The maximum absolute atomic E-state index is 13.2. The number of hydrogen-bond donors (Lipinski definition) is 2. The van der Waals surface area contributed by atoms with Crippen LogP contribution in [0.3, 0.4) is 0 Å². The van der Waals surface area contributed by atoms with Gasteiger partial charge >= 0.3 is 5.97 Å². The third kappa shape index (κ3) is 3.10. The van der Waals surface area contributed by atoms with Crippen molar-refractivity contribution in [2.75, 3.05) is 6.54 Å². The standard InChI is InChI=1S/C19H26N2O5/c1-12(2)10-15(22)21-16(14-6-5-9-26-14)13(17(23)24)11-19(21)7-3-4-8-20-18(19)25/h5-6,9,12-13,16H,3-4,7-8,10-11H2,1-2H3,(H,20,25)(H,23,24)/t13-,16+,19-/m0/s1. The van der Waals surface area contributed by atoms with Crippen molar-refractivity contribution < 1.29 is 23.9 Å². The van der Waals surface area contributed by atoms with E-state index in [1.54, 1.807) is 12.1 Å². The number of nitrogens with one attached hydrogen (secondary N) is 1. The number of aliphatic carboxylic acids is 1. The minimum Gasteiger partial charge on any atom is -0.481 e. The maximum atomic E-state index is 13.2. The molecule has 3 rings (SSSR count). The van der Waals surface area contributed by atoms with E-state index >= 15 is 0 Å². The predicted octanol–water partition coefficient (Wildman–Crippen LogP) is 2.34. The monoisotopic (exact) mass is 362 g/mol. The molecule has 1 aromatic rings. The molecule has 1 spiro atoms. The van der Waals surface area contributed by atoms with Gasteiger partial charge in [0.25, 0.3) is 0 Å². The van der Waals surface area contributed by atoms with Gasteiger partial charge in [-0.15, -0.1) is 0 Å². The number of nitrogens with zero attached hydrogens (tertiary/aromatic N) is 1. The smallest absolute Gasteiger partial charge is 0.309 e. The molecule has 3 heterocycles. The first-order chi connectivity index (χ1) is 12.4. The molecule has 2 amide bonds. The molecule has 26 heavy (non-hydrogen) atoms. The number of carbonyl (C=O) groups excluding carboxylic acids is 2. The van der Waals surface area contributed by atoms with E-state index in [4.69, 9.17) is 4.42 Å². The van der Waals surface area contributed by atoms with E-state index < -0.39 is 23.5 Å². The lowest BCUT2D eigenvalue weighted by atomic mass is 9.86. The van der Waals surface area contributed by atoms with E-state index in [-0.39, 0.29) is 30.6 Å². The highest BCUT2D eigenvalue weighted by Crippen LogP contribution is 2.50. The lowest BCUT2D eigenvalue weighted by Gasteiger charge is -2.39. The molecule has 0 aliphatic carbocycles. The average Bonchev–Trinajstić information content (AvgIpc) is 3.15. The minimum atomic E-state index is -1.12. The van der Waals surface area contributed by atoms with Crippen molar-refractivity contribution in [1.82, 2.24) is 10.2 Å². The first-order valence-electron chi connectivity index (χ1n) is 9.23. The van der Waals surface area contributed by atoms with Crippen molar-refractivity contribution in [2.24, 2.45) is 11.8 Å². The molecule has 2 N–H and O–H groups in total. The van der Waals surface area contributed by atoms with Gasteiger partial charge in [0.2, 0.25) is 11.8 Å². The van der Waals surface area contributed by atoms with Gasteiger partial charge in [0.1, 0.15) is 17.3 Å². The Morgan fingerprint density at radius 1 is 1.42 bits per heavy atom. The first kappa shape index (κ1) is 18.5. The van der Waals surface area contributed by atoms with E-state index in [9.17, 15) is 19.5 Å². The van der Waals surface area contributed by atoms with E-state index in [1.807, 2.05) is 13.8 Å². The predicted molar refractivity (Wildman–Crippen MR) is 93.1 cm³/mol. The second-order valence-corrected chi connectivity index (χ2v) is 7.72. The van der Waals surface area contributed by atoms with Crippen molar-refractivity contribution in [2.45, 2.75) is 57.5 Å². The molecule has 0 radical (unpaired) electrons. The summed E-state index contributed by atoms with van der Waals surface area (Å²) in [5, 5.41) is 12.7. The fourth-order valence-corrected chi connectivity index (χ4v) is 4.32. The van der Waals surface area contributed by atoms with Gasteiger partial charge in [-0.2, -0.15) is 0 Å². The van der Waals surface area contributed by atoms with Crippen molar-refractivity contribution in [3.63, 3.8) is 0 Å². The normalized spacial score (nSPS) is 29.0. The molecule has 7 nitrogen and oxygen atoms in total. The van der Waals surface area contributed by atoms with Crippen LogP contribution in [0.4, 0.5) is 0 Å². The molecule has 0 saturated carbocycles. The van der Waals surface area contributed by atoms with Gasteiger partial charge in [-0.1, -0.05) is 13.8 Å². The minimum absolute atomic E-state index is 0.106. The Morgan fingerprint density at radius 2 is 2.19 bits per heavy atom. The zero-order valence-electron chi connectivity index (χ0n) is 15.2. The van der Waals surface area contributed by atoms with Crippen molar-refractivity contribution in [3.8, 4) is 0 Å². The van der Waals surface area contributed by atoms with Gasteiger partial charge in [0.15, 0.2) is 0 Å². The Hall–Kier alpha value is -2.31. The molecular weight excluding hydrogens is 336 g/mol. The summed E-state index contributed by atoms with van der Waals surface area (Å²) in [6, 6.07) is 2.60. The summed E-state index contributed by atoms with van der Waals surface area (Å²) in [4.78, 5) is 39.7. The molecule has 0 aromatic carbocycles. The summed E-state index contributed by atoms with van der Waals surface area (Å²) in [6.07, 6.45) is 3.91. The second-order valence-electron chi connectivity index (χ2n) is 7.72. The summed E-state index contributed by atoms with van der Waals surface area (Å²) in [7, 11) is 0. The summed E-state index contributed by atoms with van der Waals surface area (Å²) >= 11 is 0. The summed E-state index contributed by atoms with van der Waals surface area (Å²) < 4.78 is 5.49. The number of amides is 2. The molecule has 1 aromatic heterocycles. The Balaban J connectivity index is 2.11. The number of carboxylic acids is 1. The van der Waals surface area contributed by atoms with Crippen LogP contribution in [0, 0.1) is 11.8 Å². The summed E-state index contributed by atoms with van der Waals surface area (Å²) in [5.74, 6) is -1.80. The highest BCUT2D eigenvalue weighted by molar-refractivity contribution is 5.94. The Morgan fingerprint density at radius 3 is 2.81 bits per heavy atom. The number of hydrogen-bond acceptors (Lipinski definition) is 4. The fraction of sp³-hybridized carbons (Fsp3) is 0.632. The van der Waals surface area contributed by atoms with Crippen molar-refractivity contribution >= 4 is 17.8 Å². The lowest BCUT2D eigenvalue weighted by Crippen LogP contribution is -2.57. The quantitative estimate of drug-likeness (QED) is 0.856. The van der Waals surface area contributed by atoms with Gasteiger partial charge in [-0.05, 0) is 43.7 Å². The number of rotatable bonds is 4. The molecule has 0 unspecified atom stereocenters. The lowest BCUT2D eigenvalue weighted by molar-refractivity contribution is -0.149. The molecule has 2 aliphatic rings. The van der Waals surface area contributed by atoms with Gasteiger partial charge in [-0.3, -0.25) is 14.4 Å². The zero-order valence-corrected chi connectivity index (χ0v) is 15.2. The van der Waals surface area contributed by atoms with Crippen LogP contribution in [0.5, 0.6) is 0 Å². The van der Waals surface area contributed by atoms with Crippen LogP contribution >= 0.6 is 0 Å². The fourth-order valence-electron chi connectivity index (χ4n) is 4.32. The average molecular weight is 362 g/mol. The van der Waals surface area contributed by atoms with Crippen LogP contribution < -0.4 is 5.32 Å². The zero-order chi connectivity index (χ0) is 18.9. The second kappa shape index (κ2) is 7.13. The van der Waals surface area contributed by atoms with Crippen molar-refractivity contribution in [3.05, 3.63) is 24.2 Å². The molecule has 2 saturated heterocycles. The van der Waals surface area contributed by atoms with Crippen molar-refractivity contribution in [1.29, 1.82) is 0 Å². The number of carboxylic acid groups (broad SMARTS) is 1. The van der Waals surface area contributed by atoms with E-state index in [0.717, 1.165) is 12.8 Å². The summed E-state index contributed by atoms with van der Waals surface area (Å²) in [6.45, 7) is 4.42. The Bertz CT molecular complexity index is 684. The maximum Gasteiger partial charge on any atom is 0.309 e. The molecule has 142 valence electrons. The number of carbonyl (C=O) groups is 3. The van der Waals surface area contributed by atoms with Crippen LogP contribution in [0.2, 0.25) is 0 Å². The van der Waals surface area contributed by atoms with E-state index in [1.165, 1.54) is 11.2 Å². The third-order valence-corrected chi connectivity index (χ3v) is 5.41. The SMILES string of the molecule is CC(C)CC(=O)N1[C@@H](c2ccco2)[C@@H](C(=O)O)C[C@]12CCCCNC2=O. The summed E-state index contributed by atoms with van der Waals surface area (Å²) in [5.41, 5.74) is -1.12. The highest BCUT2D eigenvalue weighted by Gasteiger charge is 2.60. The molecule has 2 fully saturated rings. The molecular formula is C19H26N2O5. The van der Waals surface area contributed by atoms with Gasteiger partial charge in [0, 0.05) is 13.0 Å². The molecule has 0 bridgehead atoms. The third-order valence-electron chi connectivity index (χ3n) is 5.41. The van der Waals surface area contributed by atoms with E-state index in [2.05, 4.69) is 5.32 Å². The van der Waals surface area contributed by atoms with Crippen LogP contribution in [0.15, 0.2) is 22.8 Å². The first-order valence-corrected chi connectivity index (χ1v) is 9.23. The topological polar surface area (TPSA) is 99.8 Å². The van der Waals surface area contributed by atoms with Gasteiger partial charge < -0.3 is 19.7 Å². The number of likely N-dealkylation sites (tertiary alicyclic amines) is 1. The Labute approximate surface area is 152 Å². The largest absolute Gasteiger partial charge is 0.481 e. The molecule has 3 atom stereocenters. The van der Waals surface area contributed by atoms with Gasteiger partial charge in [-0.25, -0.2) is 0 Å². The Kier molecular flexibility index (Phi) is 5.07. The molecule has 7 heteroatoms. The van der Waals surface area contributed by atoms with Crippen LogP contribution in [-0.4, -0.2) is 39.9 Å². The molecule has 2 aliphatic heterocycles. The van der Waals surface area contributed by atoms with E-state index in [0.29, 0.717) is 18.7 Å². The van der Waals surface area contributed by atoms with Crippen LogP contribution in [-0.2, 0) is 14.4 Å².